The van der Waals surface area contributed by atoms with Crippen molar-refractivity contribution in [3.8, 4) is 0 Å². The molecular formula is C11H16N2. The molecule has 0 rings (SSSR count). The Balaban J connectivity index is 4.80. The lowest BCUT2D eigenvalue weighted by Crippen LogP contribution is -1.93. The second-order valence-corrected chi connectivity index (χ2v) is 2.67. The Hall–Kier alpha value is -1.57. The maximum absolute atomic E-state index is 5.65. The summed E-state index contributed by atoms with van der Waals surface area (Å²) >= 11 is 0. The maximum atomic E-state index is 5.65. The van der Waals surface area contributed by atoms with Gasteiger partial charge in [0.2, 0.25) is 0 Å². The monoisotopic (exact) mass is 176 g/mol. The van der Waals surface area contributed by atoms with Crippen LogP contribution in [0.3, 0.4) is 0 Å². The molecule has 0 saturated heterocycles. The van der Waals surface area contributed by atoms with Crippen molar-refractivity contribution in [2.75, 3.05) is 0 Å². The van der Waals surface area contributed by atoms with Crippen LogP contribution in [-0.2, 0) is 0 Å². The van der Waals surface area contributed by atoms with Crippen molar-refractivity contribution in [2.24, 2.45) is 10.7 Å². The van der Waals surface area contributed by atoms with E-state index < -0.39 is 0 Å². The lowest BCUT2D eigenvalue weighted by Gasteiger charge is -2.00. The highest BCUT2D eigenvalue weighted by atomic mass is 14.6. The van der Waals surface area contributed by atoms with Crippen molar-refractivity contribution in [1.29, 1.82) is 0 Å². The summed E-state index contributed by atoms with van der Waals surface area (Å²) in [7, 11) is 0. The number of rotatable bonds is 4. The van der Waals surface area contributed by atoms with Crippen molar-refractivity contribution in [2.45, 2.75) is 13.8 Å². The molecule has 0 aromatic rings. The SMILES string of the molecule is C=N\C=C/C(=C/C(N)=C\C)C(=C)C. The van der Waals surface area contributed by atoms with E-state index in [0.717, 1.165) is 11.1 Å². The van der Waals surface area contributed by atoms with Crippen LogP contribution in [0.15, 0.2) is 52.8 Å². The molecule has 0 spiro atoms. The number of allylic oxidation sites excluding steroid dienone is 5. The molecule has 2 heteroatoms. The van der Waals surface area contributed by atoms with Crippen LogP contribution in [0.4, 0.5) is 0 Å². The Morgan fingerprint density at radius 3 is 2.46 bits per heavy atom. The molecule has 0 amide bonds. The molecule has 2 N–H and O–H groups in total. The van der Waals surface area contributed by atoms with Gasteiger partial charge in [-0.3, -0.25) is 4.99 Å². The molecule has 13 heavy (non-hydrogen) atoms. The lowest BCUT2D eigenvalue weighted by atomic mass is 10.1. The first-order chi connectivity index (χ1) is 6.11. The van der Waals surface area contributed by atoms with Gasteiger partial charge in [0, 0.05) is 11.9 Å². The Morgan fingerprint density at radius 1 is 1.46 bits per heavy atom. The van der Waals surface area contributed by atoms with E-state index in [1.54, 1.807) is 6.20 Å². The third kappa shape index (κ3) is 4.80. The normalized spacial score (nSPS) is 13.4. The Morgan fingerprint density at radius 2 is 2.08 bits per heavy atom. The van der Waals surface area contributed by atoms with E-state index in [0.29, 0.717) is 5.70 Å². The topological polar surface area (TPSA) is 38.4 Å². The van der Waals surface area contributed by atoms with Gasteiger partial charge in [-0.15, -0.1) is 0 Å². The molecule has 0 unspecified atom stereocenters. The zero-order valence-corrected chi connectivity index (χ0v) is 8.25. The summed E-state index contributed by atoms with van der Waals surface area (Å²) in [5, 5.41) is 0. The summed E-state index contributed by atoms with van der Waals surface area (Å²) < 4.78 is 0. The number of nitrogens with two attached hydrogens (primary N) is 1. The molecule has 0 aromatic heterocycles. The van der Waals surface area contributed by atoms with Crippen LogP contribution in [0.5, 0.6) is 0 Å². The molecule has 0 fully saturated rings. The average molecular weight is 176 g/mol. The fraction of sp³-hybridized carbons (Fsp3) is 0.182. The molecule has 0 atom stereocenters. The minimum absolute atomic E-state index is 0.715. The highest BCUT2D eigenvalue weighted by Gasteiger charge is 1.92. The maximum Gasteiger partial charge on any atom is 0.0276 e. The molecule has 0 aliphatic heterocycles. The molecule has 0 radical (unpaired) electrons. The van der Waals surface area contributed by atoms with Crippen molar-refractivity contribution >= 4 is 6.72 Å². The number of hydrogen-bond acceptors (Lipinski definition) is 2. The second kappa shape index (κ2) is 6.00. The first kappa shape index (κ1) is 11.4. The summed E-state index contributed by atoms with van der Waals surface area (Å²) in [5.74, 6) is 0. The summed E-state index contributed by atoms with van der Waals surface area (Å²) in [6.45, 7) is 11.0. The highest BCUT2D eigenvalue weighted by molar-refractivity contribution is 5.41. The van der Waals surface area contributed by atoms with Crippen LogP contribution in [-0.4, -0.2) is 6.72 Å². The number of nitrogens with zero attached hydrogens (tertiary/aromatic N) is 1. The van der Waals surface area contributed by atoms with Crippen molar-refractivity contribution in [1.82, 2.24) is 0 Å². The summed E-state index contributed by atoms with van der Waals surface area (Å²) in [6.07, 6.45) is 7.12. The molecular weight excluding hydrogens is 160 g/mol. The molecule has 0 aliphatic rings. The van der Waals surface area contributed by atoms with Crippen molar-refractivity contribution in [3.63, 3.8) is 0 Å². The van der Waals surface area contributed by atoms with Crippen LogP contribution >= 0.6 is 0 Å². The molecule has 2 nitrogen and oxygen atoms in total. The minimum Gasteiger partial charge on any atom is -0.399 e. The molecule has 0 heterocycles. The summed E-state index contributed by atoms with van der Waals surface area (Å²) in [6, 6.07) is 0. The molecule has 0 saturated carbocycles. The number of aliphatic imine (C=N–C) groups is 1. The van der Waals surface area contributed by atoms with Gasteiger partial charge in [0.1, 0.15) is 0 Å². The van der Waals surface area contributed by atoms with Gasteiger partial charge in [0.25, 0.3) is 0 Å². The fourth-order valence-electron chi connectivity index (χ4n) is 0.709. The van der Waals surface area contributed by atoms with Gasteiger partial charge in [0.05, 0.1) is 0 Å². The van der Waals surface area contributed by atoms with Gasteiger partial charge in [-0.2, -0.15) is 0 Å². The van der Waals surface area contributed by atoms with E-state index in [-0.39, 0.29) is 0 Å². The van der Waals surface area contributed by atoms with Crippen molar-refractivity contribution in [3.05, 3.63) is 47.9 Å². The zero-order chi connectivity index (χ0) is 10.3. The van der Waals surface area contributed by atoms with Gasteiger partial charge in [-0.25, -0.2) is 0 Å². The van der Waals surface area contributed by atoms with E-state index in [9.17, 15) is 0 Å². The first-order valence-corrected chi connectivity index (χ1v) is 4.03. The average Bonchev–Trinajstić information content (AvgIpc) is 2.11. The molecule has 70 valence electrons. The number of hydrogen-bond donors (Lipinski definition) is 1. The van der Waals surface area contributed by atoms with E-state index >= 15 is 0 Å². The van der Waals surface area contributed by atoms with Gasteiger partial charge < -0.3 is 5.73 Å². The third-order valence-corrected chi connectivity index (χ3v) is 1.51. The van der Waals surface area contributed by atoms with E-state index in [1.807, 2.05) is 32.1 Å². The summed E-state index contributed by atoms with van der Waals surface area (Å²) in [4.78, 5) is 3.62. The summed E-state index contributed by atoms with van der Waals surface area (Å²) in [5.41, 5.74) is 8.27. The molecule has 0 bridgehead atoms. The van der Waals surface area contributed by atoms with E-state index in [2.05, 4.69) is 18.3 Å². The lowest BCUT2D eigenvalue weighted by molar-refractivity contribution is 1.34. The Bertz CT molecular complexity index is 280. The highest BCUT2D eigenvalue weighted by Crippen LogP contribution is 2.10. The van der Waals surface area contributed by atoms with Crippen LogP contribution in [0.2, 0.25) is 0 Å². The van der Waals surface area contributed by atoms with Crippen molar-refractivity contribution < 1.29 is 0 Å². The predicted octanol–water partition coefficient (Wildman–Crippen LogP) is 2.57. The smallest absolute Gasteiger partial charge is 0.0276 e. The second-order valence-electron chi connectivity index (χ2n) is 2.67. The Kier molecular flexibility index (Phi) is 5.28. The van der Waals surface area contributed by atoms with Crippen LogP contribution in [0, 0.1) is 0 Å². The third-order valence-electron chi connectivity index (χ3n) is 1.51. The van der Waals surface area contributed by atoms with E-state index in [4.69, 9.17) is 5.73 Å². The van der Waals surface area contributed by atoms with Gasteiger partial charge in [-0.05, 0) is 38.3 Å². The quantitative estimate of drug-likeness (QED) is 0.519. The molecule has 0 aliphatic carbocycles. The standard InChI is InChI=1S/C11H16N2/c1-5-11(12)8-10(9(2)3)6-7-13-4/h5-8H,2,4,12H2,1,3H3/b7-6-,10-8-,11-5+. The van der Waals surface area contributed by atoms with Crippen LogP contribution in [0.25, 0.3) is 0 Å². The zero-order valence-electron chi connectivity index (χ0n) is 8.25. The van der Waals surface area contributed by atoms with Crippen LogP contribution in [0.1, 0.15) is 13.8 Å². The van der Waals surface area contributed by atoms with Crippen LogP contribution < -0.4 is 5.73 Å². The predicted molar refractivity (Wildman–Crippen MR) is 59.5 cm³/mol. The Labute approximate surface area is 79.9 Å². The van der Waals surface area contributed by atoms with Gasteiger partial charge in [-0.1, -0.05) is 18.2 Å². The van der Waals surface area contributed by atoms with Gasteiger partial charge in [0.15, 0.2) is 0 Å². The largest absolute Gasteiger partial charge is 0.399 e. The van der Waals surface area contributed by atoms with E-state index in [1.165, 1.54) is 0 Å². The van der Waals surface area contributed by atoms with Gasteiger partial charge >= 0.3 is 0 Å². The molecule has 0 aromatic carbocycles. The minimum atomic E-state index is 0.715. The fourth-order valence-corrected chi connectivity index (χ4v) is 0.709. The first-order valence-electron chi connectivity index (χ1n) is 4.03.